The van der Waals surface area contributed by atoms with Gasteiger partial charge in [0.25, 0.3) is 0 Å². The summed E-state index contributed by atoms with van der Waals surface area (Å²) in [4.78, 5) is 23.4. The van der Waals surface area contributed by atoms with Gasteiger partial charge < -0.3 is 10.4 Å². The number of carboxylic acids is 1. The minimum atomic E-state index is -3.60. The number of benzene rings is 2. The lowest BCUT2D eigenvalue weighted by Gasteiger charge is -2.13. The molecule has 2 aromatic carbocycles. The van der Waals surface area contributed by atoms with E-state index in [9.17, 15) is 18.0 Å². The van der Waals surface area contributed by atoms with E-state index in [4.69, 9.17) is 5.11 Å². The lowest BCUT2D eigenvalue weighted by atomic mass is 9.96. The predicted molar refractivity (Wildman–Crippen MR) is 104 cm³/mol. The number of aromatic carboxylic acids is 1. The molecule has 1 unspecified atom stereocenters. The first kappa shape index (κ1) is 20.6. The van der Waals surface area contributed by atoms with Crippen LogP contribution in [0.5, 0.6) is 0 Å². The van der Waals surface area contributed by atoms with Crippen LogP contribution in [0.2, 0.25) is 0 Å². The number of sulfone groups is 1. The highest BCUT2D eigenvalue weighted by Gasteiger charge is 2.16. The van der Waals surface area contributed by atoms with E-state index in [0.29, 0.717) is 0 Å². The smallest absolute Gasteiger partial charge is 0.335 e. The Morgan fingerprint density at radius 2 is 1.74 bits per heavy atom. The summed E-state index contributed by atoms with van der Waals surface area (Å²) in [7, 11) is -3.60. The second kappa shape index (κ2) is 8.35. The van der Waals surface area contributed by atoms with Crippen LogP contribution >= 0.6 is 0 Å². The third-order valence-corrected chi connectivity index (χ3v) is 5.41. The summed E-state index contributed by atoms with van der Waals surface area (Å²) in [6, 6.07) is 11.6. The summed E-state index contributed by atoms with van der Waals surface area (Å²) in [5, 5.41) is 11.8. The number of hydrogen-bond donors (Lipinski definition) is 2. The average molecular weight is 389 g/mol. The molecule has 0 saturated heterocycles. The zero-order valence-electron chi connectivity index (χ0n) is 15.5. The first-order valence-electron chi connectivity index (χ1n) is 8.57. The van der Waals surface area contributed by atoms with Gasteiger partial charge in [0.15, 0.2) is 9.84 Å². The van der Waals surface area contributed by atoms with Gasteiger partial charge in [-0.2, -0.15) is 0 Å². The summed E-state index contributed by atoms with van der Waals surface area (Å²) < 4.78 is 23.5. The Morgan fingerprint density at radius 3 is 2.26 bits per heavy atom. The van der Waals surface area contributed by atoms with Gasteiger partial charge in [-0.05, 0) is 41.7 Å². The predicted octanol–water partition coefficient (Wildman–Crippen LogP) is 3.48. The van der Waals surface area contributed by atoms with Gasteiger partial charge in [-0.25, -0.2) is 13.2 Å². The number of anilines is 1. The minimum Gasteiger partial charge on any atom is -0.478 e. The largest absolute Gasteiger partial charge is 0.478 e. The number of carboxylic acid groups (broad SMARTS) is 1. The van der Waals surface area contributed by atoms with Crippen LogP contribution in [0.25, 0.3) is 0 Å². The minimum absolute atomic E-state index is 0.0343. The van der Waals surface area contributed by atoms with E-state index < -0.39 is 15.8 Å². The van der Waals surface area contributed by atoms with Gasteiger partial charge in [0.05, 0.1) is 10.5 Å². The Morgan fingerprint density at radius 1 is 1.11 bits per heavy atom. The molecule has 2 N–H and O–H groups in total. The summed E-state index contributed by atoms with van der Waals surface area (Å²) in [6.07, 6.45) is 2.12. The Labute approximate surface area is 159 Å². The molecule has 0 saturated carbocycles. The highest BCUT2D eigenvalue weighted by Crippen LogP contribution is 2.23. The molecule has 1 amide bonds. The first-order valence-corrected chi connectivity index (χ1v) is 10.5. The number of carbonyl (C=O) groups is 2. The molecule has 7 heteroatoms. The third kappa shape index (κ3) is 5.65. The van der Waals surface area contributed by atoms with Crippen LogP contribution in [-0.2, 0) is 21.1 Å². The van der Waals surface area contributed by atoms with Gasteiger partial charge in [0.2, 0.25) is 5.91 Å². The van der Waals surface area contributed by atoms with Crippen molar-refractivity contribution in [3.8, 4) is 0 Å². The number of amides is 1. The summed E-state index contributed by atoms with van der Waals surface area (Å²) >= 11 is 0. The molecule has 0 aliphatic rings. The SMILES string of the molecule is CCc1ccc(C(C)CC(=O)Nc2cc(C(=O)O)cc(S(C)(=O)=O)c2)cc1. The number of carbonyl (C=O) groups excluding carboxylic acids is 1. The standard InChI is InChI=1S/C20H23NO5S/c1-4-14-5-7-15(8-6-14)13(2)9-19(22)21-17-10-16(20(23)24)11-18(12-17)27(3,25)26/h5-8,10-13H,4,9H2,1-3H3,(H,21,22)(H,23,24). The Kier molecular flexibility index (Phi) is 6.38. The molecule has 0 heterocycles. The second-order valence-corrected chi connectivity index (χ2v) is 8.59. The van der Waals surface area contributed by atoms with E-state index in [1.165, 1.54) is 17.7 Å². The van der Waals surface area contributed by atoms with Crippen molar-refractivity contribution in [1.29, 1.82) is 0 Å². The Bertz CT molecular complexity index is 949. The first-order chi connectivity index (χ1) is 12.6. The van der Waals surface area contributed by atoms with Crippen molar-refractivity contribution in [3.63, 3.8) is 0 Å². The van der Waals surface area contributed by atoms with Crippen molar-refractivity contribution in [2.75, 3.05) is 11.6 Å². The van der Waals surface area contributed by atoms with Gasteiger partial charge in [-0.1, -0.05) is 38.1 Å². The molecule has 0 spiro atoms. The molecule has 0 radical (unpaired) electrons. The molecule has 1 atom stereocenters. The lowest BCUT2D eigenvalue weighted by Crippen LogP contribution is -2.15. The van der Waals surface area contributed by atoms with Crippen LogP contribution in [0.4, 0.5) is 5.69 Å². The van der Waals surface area contributed by atoms with E-state index in [0.717, 1.165) is 24.3 Å². The van der Waals surface area contributed by atoms with Crippen molar-refractivity contribution in [3.05, 3.63) is 59.2 Å². The molecule has 27 heavy (non-hydrogen) atoms. The fraction of sp³-hybridized carbons (Fsp3) is 0.300. The van der Waals surface area contributed by atoms with Crippen LogP contribution in [0.15, 0.2) is 47.4 Å². The van der Waals surface area contributed by atoms with E-state index >= 15 is 0 Å². The topological polar surface area (TPSA) is 101 Å². The zero-order valence-corrected chi connectivity index (χ0v) is 16.3. The van der Waals surface area contributed by atoms with Crippen molar-refractivity contribution < 1.29 is 23.1 Å². The highest BCUT2D eigenvalue weighted by molar-refractivity contribution is 7.90. The second-order valence-electron chi connectivity index (χ2n) is 6.57. The number of rotatable bonds is 7. The van der Waals surface area contributed by atoms with Crippen molar-refractivity contribution in [1.82, 2.24) is 0 Å². The monoisotopic (exact) mass is 389 g/mol. The molecule has 2 rings (SSSR count). The third-order valence-electron chi connectivity index (χ3n) is 4.31. The molecule has 0 aromatic heterocycles. The fourth-order valence-electron chi connectivity index (χ4n) is 2.70. The van der Waals surface area contributed by atoms with Crippen LogP contribution in [0.3, 0.4) is 0 Å². The Balaban J connectivity index is 2.16. The van der Waals surface area contributed by atoms with Crippen LogP contribution in [0, 0.1) is 0 Å². The maximum absolute atomic E-state index is 12.4. The quantitative estimate of drug-likeness (QED) is 0.755. The van der Waals surface area contributed by atoms with E-state index in [1.807, 2.05) is 31.2 Å². The van der Waals surface area contributed by atoms with Crippen molar-refractivity contribution in [2.24, 2.45) is 0 Å². The fourth-order valence-corrected chi connectivity index (χ4v) is 3.38. The molecule has 6 nitrogen and oxygen atoms in total. The maximum atomic E-state index is 12.4. The summed E-state index contributed by atoms with van der Waals surface area (Å²) in [5.74, 6) is -1.61. The lowest BCUT2D eigenvalue weighted by molar-refractivity contribution is -0.116. The normalized spacial score (nSPS) is 12.4. The van der Waals surface area contributed by atoms with E-state index in [2.05, 4.69) is 12.2 Å². The maximum Gasteiger partial charge on any atom is 0.335 e. The molecular formula is C20H23NO5S. The van der Waals surface area contributed by atoms with Gasteiger partial charge in [-0.3, -0.25) is 4.79 Å². The van der Waals surface area contributed by atoms with Gasteiger partial charge in [-0.15, -0.1) is 0 Å². The van der Waals surface area contributed by atoms with Crippen LogP contribution in [-0.4, -0.2) is 31.7 Å². The van der Waals surface area contributed by atoms with Gasteiger partial charge in [0, 0.05) is 18.4 Å². The van der Waals surface area contributed by atoms with Crippen molar-refractivity contribution >= 4 is 27.4 Å². The number of nitrogens with one attached hydrogen (secondary N) is 1. The number of hydrogen-bond acceptors (Lipinski definition) is 4. The summed E-state index contributed by atoms with van der Waals surface area (Å²) in [5.41, 5.74) is 2.19. The highest BCUT2D eigenvalue weighted by atomic mass is 32.2. The molecule has 0 aliphatic carbocycles. The molecule has 0 bridgehead atoms. The van der Waals surface area contributed by atoms with Crippen LogP contribution < -0.4 is 5.32 Å². The molecule has 2 aromatic rings. The Hall–Kier alpha value is -2.67. The van der Waals surface area contributed by atoms with E-state index in [1.54, 1.807) is 0 Å². The molecule has 0 fully saturated rings. The van der Waals surface area contributed by atoms with Crippen LogP contribution in [0.1, 0.15) is 47.7 Å². The molecule has 144 valence electrons. The zero-order chi connectivity index (χ0) is 20.2. The van der Waals surface area contributed by atoms with E-state index in [-0.39, 0.29) is 34.4 Å². The summed E-state index contributed by atoms with van der Waals surface area (Å²) in [6.45, 7) is 4.00. The number of aryl methyl sites for hydroxylation is 1. The molecular weight excluding hydrogens is 366 g/mol. The van der Waals surface area contributed by atoms with Crippen molar-refractivity contribution in [2.45, 2.75) is 37.5 Å². The van der Waals surface area contributed by atoms with Gasteiger partial charge in [0.1, 0.15) is 0 Å². The average Bonchev–Trinajstić information content (AvgIpc) is 2.60. The van der Waals surface area contributed by atoms with Gasteiger partial charge >= 0.3 is 5.97 Å². The molecule has 0 aliphatic heterocycles.